The molecule has 0 aromatic heterocycles. The van der Waals surface area contributed by atoms with Crippen molar-refractivity contribution in [2.24, 2.45) is 28.6 Å². The largest absolute Gasteiger partial charge is 0.389 e. The van der Waals surface area contributed by atoms with E-state index in [4.69, 9.17) is 11.6 Å². The van der Waals surface area contributed by atoms with Crippen molar-refractivity contribution in [1.29, 1.82) is 0 Å². The Kier molecular flexibility index (Phi) is 3.65. The minimum Gasteiger partial charge on any atom is -0.389 e. The standard InChI is InChI=1S/C21H29ClO2/c1-4-21(24)10-7-16-14-12-18(22)17-11-13(23)5-8-19(17,2)15(14)6-9-20(16,21)3/h11-12,14-16,24H,4-10H2,1-3H3/t14?,15?,16?,19-,20+,21-/m1/s1. The van der Waals surface area contributed by atoms with Crippen LogP contribution in [-0.4, -0.2) is 16.5 Å². The fraction of sp³-hybridized carbons (Fsp3) is 0.762. The first-order valence-corrected chi connectivity index (χ1v) is 9.98. The summed E-state index contributed by atoms with van der Waals surface area (Å²) in [5.74, 6) is 1.71. The molecule has 2 saturated carbocycles. The molecule has 0 aromatic carbocycles. The van der Waals surface area contributed by atoms with Crippen molar-refractivity contribution in [3.8, 4) is 0 Å². The number of carbonyl (C=O) groups excluding carboxylic acids is 1. The van der Waals surface area contributed by atoms with Gasteiger partial charge in [0.05, 0.1) is 5.60 Å². The van der Waals surface area contributed by atoms with Crippen molar-refractivity contribution in [2.45, 2.75) is 71.3 Å². The first kappa shape index (κ1) is 16.8. The zero-order valence-corrected chi connectivity index (χ0v) is 15.8. The fourth-order valence-electron chi connectivity index (χ4n) is 6.76. The molecule has 4 aliphatic rings. The molecule has 6 atom stereocenters. The lowest BCUT2D eigenvalue weighted by atomic mass is 9.48. The van der Waals surface area contributed by atoms with Crippen LogP contribution < -0.4 is 0 Å². The first-order chi connectivity index (χ1) is 11.2. The summed E-state index contributed by atoms with van der Waals surface area (Å²) in [5.41, 5.74) is 0.578. The zero-order chi connectivity index (χ0) is 17.3. The quantitative estimate of drug-likeness (QED) is 0.723. The lowest BCUT2D eigenvalue weighted by Crippen LogP contribution is -2.53. The molecule has 3 unspecified atom stereocenters. The van der Waals surface area contributed by atoms with Crippen LogP contribution in [0.3, 0.4) is 0 Å². The van der Waals surface area contributed by atoms with Crippen LogP contribution in [0.15, 0.2) is 22.8 Å². The highest BCUT2D eigenvalue weighted by molar-refractivity contribution is 6.32. The smallest absolute Gasteiger partial charge is 0.156 e. The minimum atomic E-state index is -0.525. The summed E-state index contributed by atoms with van der Waals surface area (Å²) < 4.78 is 0. The molecule has 0 aliphatic heterocycles. The highest BCUT2D eigenvalue weighted by atomic mass is 35.5. The van der Waals surface area contributed by atoms with Gasteiger partial charge in [0, 0.05) is 11.5 Å². The van der Waals surface area contributed by atoms with Crippen molar-refractivity contribution >= 4 is 17.4 Å². The summed E-state index contributed by atoms with van der Waals surface area (Å²) in [4.78, 5) is 11.9. The molecular weight excluding hydrogens is 320 g/mol. The topological polar surface area (TPSA) is 37.3 Å². The predicted molar refractivity (Wildman–Crippen MR) is 96.7 cm³/mol. The summed E-state index contributed by atoms with van der Waals surface area (Å²) in [6.07, 6.45) is 10.7. The van der Waals surface area contributed by atoms with Gasteiger partial charge >= 0.3 is 0 Å². The average Bonchev–Trinajstić information content (AvgIpc) is 2.82. The normalized spacial score (nSPS) is 50.5. The summed E-state index contributed by atoms with van der Waals surface area (Å²) in [5, 5.41) is 12.0. The van der Waals surface area contributed by atoms with Gasteiger partial charge in [-0.3, -0.25) is 4.79 Å². The molecule has 2 fully saturated rings. The average molecular weight is 349 g/mol. The number of ketones is 1. The molecule has 24 heavy (non-hydrogen) atoms. The van der Waals surface area contributed by atoms with E-state index in [-0.39, 0.29) is 16.6 Å². The molecule has 4 rings (SSSR count). The Balaban J connectivity index is 1.79. The molecule has 0 bridgehead atoms. The van der Waals surface area contributed by atoms with E-state index in [9.17, 15) is 9.90 Å². The molecule has 0 spiro atoms. The Hall–Kier alpha value is -0.600. The number of aliphatic hydroxyl groups is 1. The van der Waals surface area contributed by atoms with Gasteiger partial charge in [-0.05, 0) is 78.8 Å². The Morgan fingerprint density at radius 1 is 1.21 bits per heavy atom. The zero-order valence-electron chi connectivity index (χ0n) is 15.1. The van der Waals surface area contributed by atoms with Gasteiger partial charge in [0.25, 0.3) is 0 Å². The Morgan fingerprint density at radius 2 is 1.92 bits per heavy atom. The Morgan fingerprint density at radius 3 is 2.62 bits per heavy atom. The maximum atomic E-state index is 11.9. The third-order valence-electron chi connectivity index (χ3n) is 8.46. The molecular formula is C21H29ClO2. The van der Waals surface area contributed by atoms with Gasteiger partial charge in [-0.2, -0.15) is 0 Å². The van der Waals surface area contributed by atoms with E-state index in [0.29, 0.717) is 24.2 Å². The van der Waals surface area contributed by atoms with Crippen LogP contribution in [0.4, 0.5) is 0 Å². The number of fused-ring (bicyclic) bond motifs is 5. The van der Waals surface area contributed by atoms with Crippen molar-refractivity contribution in [1.82, 2.24) is 0 Å². The molecule has 0 saturated heterocycles. The van der Waals surface area contributed by atoms with E-state index >= 15 is 0 Å². The second kappa shape index (κ2) is 5.20. The SMILES string of the molecule is CC[C@@]1(O)CCC2C3C=C(Cl)C4=CC(=O)CC[C@]4(C)C3CC[C@@]21C. The van der Waals surface area contributed by atoms with Crippen LogP contribution in [0.5, 0.6) is 0 Å². The van der Waals surface area contributed by atoms with E-state index in [1.807, 2.05) is 6.08 Å². The molecule has 132 valence electrons. The summed E-state index contributed by atoms with van der Waals surface area (Å²) in [6.45, 7) is 6.75. The Labute approximate surface area is 150 Å². The predicted octanol–water partition coefficient (Wildman–Crippen LogP) is 5.00. The van der Waals surface area contributed by atoms with Crippen molar-refractivity contribution in [2.75, 3.05) is 0 Å². The number of allylic oxidation sites excluding steroid dienone is 4. The summed E-state index contributed by atoms with van der Waals surface area (Å²) in [6, 6.07) is 0. The molecule has 3 heteroatoms. The van der Waals surface area contributed by atoms with Crippen LogP contribution in [0, 0.1) is 28.6 Å². The highest BCUT2D eigenvalue weighted by Crippen LogP contribution is 2.67. The van der Waals surface area contributed by atoms with Gasteiger partial charge in [0.15, 0.2) is 5.78 Å². The third-order valence-corrected chi connectivity index (χ3v) is 8.79. The van der Waals surface area contributed by atoms with Gasteiger partial charge in [0.2, 0.25) is 0 Å². The van der Waals surface area contributed by atoms with Gasteiger partial charge in [-0.1, -0.05) is 38.4 Å². The number of halogens is 1. The van der Waals surface area contributed by atoms with Gasteiger partial charge in [-0.25, -0.2) is 0 Å². The lowest BCUT2D eigenvalue weighted by molar-refractivity contribution is -0.120. The fourth-order valence-corrected chi connectivity index (χ4v) is 7.18. The number of hydrogen-bond donors (Lipinski definition) is 1. The van der Waals surface area contributed by atoms with Gasteiger partial charge in [-0.15, -0.1) is 0 Å². The van der Waals surface area contributed by atoms with Crippen molar-refractivity contribution < 1.29 is 9.90 Å². The molecule has 0 radical (unpaired) electrons. The van der Waals surface area contributed by atoms with Crippen LogP contribution in [0.1, 0.15) is 65.7 Å². The first-order valence-electron chi connectivity index (χ1n) is 9.60. The lowest BCUT2D eigenvalue weighted by Gasteiger charge is -2.57. The highest BCUT2D eigenvalue weighted by Gasteiger charge is 2.63. The maximum Gasteiger partial charge on any atom is 0.156 e. The summed E-state index contributed by atoms with van der Waals surface area (Å²) in [7, 11) is 0. The third kappa shape index (κ3) is 1.96. The monoisotopic (exact) mass is 348 g/mol. The number of carbonyl (C=O) groups is 1. The maximum absolute atomic E-state index is 11.9. The van der Waals surface area contributed by atoms with Gasteiger partial charge < -0.3 is 5.11 Å². The van der Waals surface area contributed by atoms with E-state index in [0.717, 1.165) is 49.1 Å². The number of hydrogen-bond acceptors (Lipinski definition) is 2. The van der Waals surface area contributed by atoms with Crippen LogP contribution >= 0.6 is 11.6 Å². The van der Waals surface area contributed by atoms with E-state index in [1.54, 1.807) is 0 Å². The van der Waals surface area contributed by atoms with Crippen LogP contribution in [0.25, 0.3) is 0 Å². The molecule has 4 aliphatic carbocycles. The molecule has 0 amide bonds. The van der Waals surface area contributed by atoms with Crippen LogP contribution in [-0.2, 0) is 4.79 Å². The molecule has 0 aromatic rings. The number of rotatable bonds is 1. The van der Waals surface area contributed by atoms with Crippen LogP contribution in [0.2, 0.25) is 0 Å². The van der Waals surface area contributed by atoms with E-state index in [2.05, 4.69) is 26.8 Å². The van der Waals surface area contributed by atoms with Crippen molar-refractivity contribution in [3.05, 3.63) is 22.8 Å². The molecule has 2 nitrogen and oxygen atoms in total. The van der Waals surface area contributed by atoms with Crippen molar-refractivity contribution in [3.63, 3.8) is 0 Å². The van der Waals surface area contributed by atoms with E-state index < -0.39 is 5.60 Å². The summed E-state index contributed by atoms with van der Waals surface area (Å²) >= 11 is 6.68. The Bertz CT molecular complexity index is 650. The van der Waals surface area contributed by atoms with E-state index in [1.165, 1.54) is 0 Å². The van der Waals surface area contributed by atoms with Gasteiger partial charge in [0.1, 0.15) is 0 Å². The molecule has 0 heterocycles. The second-order valence-electron chi connectivity index (χ2n) is 9.13. The second-order valence-corrected chi connectivity index (χ2v) is 9.53. The minimum absolute atomic E-state index is 0.00134. The molecule has 1 N–H and O–H groups in total.